The molecular formula is C46H29NO. The lowest BCUT2D eigenvalue weighted by molar-refractivity contribution is 0.669. The van der Waals surface area contributed by atoms with Gasteiger partial charge in [0.1, 0.15) is 5.58 Å². The third-order valence-corrected chi connectivity index (χ3v) is 9.78. The van der Waals surface area contributed by atoms with E-state index in [0.29, 0.717) is 0 Å². The molecule has 48 heavy (non-hydrogen) atoms. The normalized spacial score (nSPS) is 11.8. The monoisotopic (exact) mass is 611 g/mol. The van der Waals surface area contributed by atoms with Crippen LogP contribution in [0.1, 0.15) is 0 Å². The zero-order valence-electron chi connectivity index (χ0n) is 26.1. The number of para-hydroxylation sites is 1. The van der Waals surface area contributed by atoms with Crippen LogP contribution < -0.4 is 4.90 Å². The van der Waals surface area contributed by atoms with Crippen molar-refractivity contribution in [1.82, 2.24) is 0 Å². The molecule has 0 atom stereocenters. The molecule has 1 aromatic heterocycles. The van der Waals surface area contributed by atoms with E-state index in [1.54, 1.807) is 0 Å². The molecule has 0 spiro atoms. The Morgan fingerprint density at radius 3 is 1.79 bits per heavy atom. The maximum atomic E-state index is 6.82. The first-order valence-corrected chi connectivity index (χ1v) is 16.4. The van der Waals surface area contributed by atoms with Gasteiger partial charge < -0.3 is 9.32 Å². The van der Waals surface area contributed by atoms with Crippen molar-refractivity contribution in [2.75, 3.05) is 4.90 Å². The molecule has 224 valence electrons. The number of benzene rings is 9. The summed E-state index contributed by atoms with van der Waals surface area (Å²) in [5, 5.41) is 12.0. The molecule has 0 saturated heterocycles. The minimum Gasteiger partial charge on any atom is -0.454 e. The molecule has 2 heteroatoms. The zero-order chi connectivity index (χ0) is 31.6. The van der Waals surface area contributed by atoms with Crippen LogP contribution in [0.5, 0.6) is 0 Å². The summed E-state index contributed by atoms with van der Waals surface area (Å²) in [7, 11) is 0. The fourth-order valence-corrected chi connectivity index (χ4v) is 7.53. The quantitative estimate of drug-likeness (QED) is 0.184. The van der Waals surface area contributed by atoms with Gasteiger partial charge in [0, 0.05) is 21.8 Å². The lowest BCUT2D eigenvalue weighted by Crippen LogP contribution is -2.11. The van der Waals surface area contributed by atoms with Crippen LogP contribution in [0.15, 0.2) is 180 Å². The van der Waals surface area contributed by atoms with Crippen LogP contribution in [-0.2, 0) is 0 Å². The Labute approximate surface area is 277 Å². The molecule has 0 aliphatic heterocycles. The summed E-state index contributed by atoms with van der Waals surface area (Å²) in [6.07, 6.45) is 0. The fourth-order valence-electron chi connectivity index (χ4n) is 7.53. The van der Waals surface area contributed by atoms with Gasteiger partial charge in [-0.1, -0.05) is 140 Å². The van der Waals surface area contributed by atoms with Crippen molar-refractivity contribution in [3.63, 3.8) is 0 Å². The Kier molecular flexibility index (Phi) is 5.91. The van der Waals surface area contributed by atoms with E-state index in [9.17, 15) is 0 Å². The molecule has 0 unspecified atom stereocenters. The molecular weight excluding hydrogens is 583 g/mol. The average Bonchev–Trinajstić information content (AvgIpc) is 3.52. The fraction of sp³-hybridized carbons (Fsp3) is 0. The number of hydrogen-bond acceptors (Lipinski definition) is 2. The van der Waals surface area contributed by atoms with E-state index >= 15 is 0 Å². The molecule has 0 amide bonds. The first-order chi connectivity index (χ1) is 23.8. The van der Waals surface area contributed by atoms with Crippen molar-refractivity contribution in [2.24, 2.45) is 0 Å². The van der Waals surface area contributed by atoms with E-state index in [0.717, 1.165) is 39.0 Å². The molecule has 10 rings (SSSR count). The van der Waals surface area contributed by atoms with Crippen molar-refractivity contribution in [3.05, 3.63) is 176 Å². The highest BCUT2D eigenvalue weighted by Crippen LogP contribution is 2.47. The Bertz CT molecular complexity index is 2830. The highest BCUT2D eigenvalue weighted by atomic mass is 16.3. The van der Waals surface area contributed by atoms with Gasteiger partial charge >= 0.3 is 0 Å². The summed E-state index contributed by atoms with van der Waals surface area (Å²) in [5.41, 5.74) is 7.33. The van der Waals surface area contributed by atoms with Crippen molar-refractivity contribution >= 4 is 82.1 Å². The van der Waals surface area contributed by atoms with Gasteiger partial charge in [0.2, 0.25) is 0 Å². The summed E-state index contributed by atoms with van der Waals surface area (Å²) >= 11 is 0. The summed E-state index contributed by atoms with van der Waals surface area (Å²) in [6, 6.07) is 63.3. The number of rotatable bonds is 4. The lowest BCUT2D eigenvalue weighted by atomic mass is 9.94. The number of fused-ring (bicyclic) bond motifs is 9. The Morgan fingerprint density at radius 1 is 0.354 bits per heavy atom. The number of anilines is 3. The van der Waals surface area contributed by atoms with Crippen LogP contribution >= 0.6 is 0 Å². The molecule has 1 heterocycles. The molecule has 0 N–H and O–H groups in total. The first-order valence-electron chi connectivity index (χ1n) is 16.4. The van der Waals surface area contributed by atoms with Gasteiger partial charge in [0.15, 0.2) is 5.58 Å². The van der Waals surface area contributed by atoms with Gasteiger partial charge in [-0.15, -0.1) is 0 Å². The standard InChI is InChI=1S/C46H29NO/c1-2-11-30(12-3-1)31-23-25-36(26-24-31)47(42-20-10-19-40-41-27-33-14-4-5-15-34(33)29-44(41)48-46(40)42)43-28-35-22-21-32-13-6-7-16-37(32)45(35)39-18-9-8-17-38(39)43/h1-29H. The van der Waals surface area contributed by atoms with E-state index in [1.807, 2.05) is 0 Å². The van der Waals surface area contributed by atoms with Crippen LogP contribution in [-0.4, -0.2) is 0 Å². The summed E-state index contributed by atoms with van der Waals surface area (Å²) in [6.45, 7) is 0. The summed E-state index contributed by atoms with van der Waals surface area (Å²) in [4.78, 5) is 2.39. The van der Waals surface area contributed by atoms with E-state index in [-0.39, 0.29) is 0 Å². The van der Waals surface area contributed by atoms with Crippen molar-refractivity contribution < 1.29 is 4.42 Å². The third-order valence-electron chi connectivity index (χ3n) is 9.78. The molecule has 9 aromatic carbocycles. The molecule has 0 radical (unpaired) electrons. The molecule has 0 saturated carbocycles. The largest absolute Gasteiger partial charge is 0.454 e. The minimum absolute atomic E-state index is 0.873. The van der Waals surface area contributed by atoms with E-state index in [2.05, 4.69) is 181 Å². The second-order valence-corrected chi connectivity index (χ2v) is 12.5. The zero-order valence-corrected chi connectivity index (χ0v) is 26.1. The molecule has 0 aliphatic rings. The predicted molar refractivity (Wildman–Crippen MR) is 204 cm³/mol. The molecule has 2 nitrogen and oxygen atoms in total. The smallest absolute Gasteiger partial charge is 0.159 e. The molecule has 0 aliphatic carbocycles. The number of nitrogens with zero attached hydrogens (tertiary/aromatic N) is 1. The van der Waals surface area contributed by atoms with Crippen LogP contribution in [0.2, 0.25) is 0 Å². The number of hydrogen-bond donors (Lipinski definition) is 0. The van der Waals surface area contributed by atoms with Gasteiger partial charge in [-0.3, -0.25) is 0 Å². The van der Waals surface area contributed by atoms with E-state index in [1.165, 1.54) is 54.2 Å². The van der Waals surface area contributed by atoms with Crippen molar-refractivity contribution in [3.8, 4) is 11.1 Å². The SMILES string of the molecule is c1ccc(-c2ccc(N(c3cc4ccc5ccccc5c4c4ccccc34)c3cccc4c3oc3cc5ccccc5cc34)cc2)cc1. The van der Waals surface area contributed by atoms with Gasteiger partial charge in [-0.2, -0.15) is 0 Å². The molecule has 0 fully saturated rings. The Balaban J connectivity index is 1.28. The van der Waals surface area contributed by atoms with Crippen molar-refractivity contribution in [1.29, 1.82) is 0 Å². The van der Waals surface area contributed by atoms with Crippen molar-refractivity contribution in [2.45, 2.75) is 0 Å². The lowest BCUT2D eigenvalue weighted by Gasteiger charge is -2.28. The average molecular weight is 612 g/mol. The van der Waals surface area contributed by atoms with Gasteiger partial charge in [-0.25, -0.2) is 0 Å². The topological polar surface area (TPSA) is 16.4 Å². The maximum absolute atomic E-state index is 6.82. The first kappa shape index (κ1) is 26.8. The van der Waals surface area contributed by atoms with Crippen LogP contribution in [0.25, 0.3) is 76.2 Å². The number of furan rings is 1. The van der Waals surface area contributed by atoms with Crippen LogP contribution in [0.4, 0.5) is 17.1 Å². The highest BCUT2D eigenvalue weighted by molar-refractivity contribution is 6.24. The maximum Gasteiger partial charge on any atom is 0.159 e. The highest BCUT2D eigenvalue weighted by Gasteiger charge is 2.22. The van der Waals surface area contributed by atoms with Gasteiger partial charge in [-0.05, 0) is 85.2 Å². The third kappa shape index (κ3) is 4.13. The summed E-state index contributed by atoms with van der Waals surface area (Å²) < 4.78 is 6.82. The van der Waals surface area contributed by atoms with Gasteiger partial charge in [0.05, 0.1) is 11.4 Å². The Morgan fingerprint density at radius 2 is 0.979 bits per heavy atom. The summed E-state index contributed by atoms with van der Waals surface area (Å²) in [5.74, 6) is 0. The van der Waals surface area contributed by atoms with E-state index in [4.69, 9.17) is 4.42 Å². The van der Waals surface area contributed by atoms with Crippen LogP contribution in [0.3, 0.4) is 0 Å². The minimum atomic E-state index is 0.873. The van der Waals surface area contributed by atoms with Crippen LogP contribution in [0, 0.1) is 0 Å². The van der Waals surface area contributed by atoms with E-state index < -0.39 is 0 Å². The molecule has 0 bridgehead atoms. The second-order valence-electron chi connectivity index (χ2n) is 12.5. The second kappa shape index (κ2) is 10.6. The predicted octanol–water partition coefficient (Wildman–Crippen LogP) is 13.3. The van der Waals surface area contributed by atoms with Gasteiger partial charge in [0.25, 0.3) is 0 Å². The molecule has 10 aromatic rings. The Hall–Kier alpha value is -6.38.